The van der Waals surface area contributed by atoms with Crippen LogP contribution in [0, 0.1) is 12.8 Å². The van der Waals surface area contributed by atoms with Crippen LogP contribution in [0.15, 0.2) is 30.3 Å². The lowest BCUT2D eigenvalue weighted by molar-refractivity contribution is 0.108. The van der Waals surface area contributed by atoms with Crippen molar-refractivity contribution >= 4 is 16.8 Å². The predicted octanol–water partition coefficient (Wildman–Crippen LogP) is 2.32. The van der Waals surface area contributed by atoms with Gasteiger partial charge in [0.25, 0.3) is 5.24 Å². The second-order valence-corrected chi connectivity index (χ2v) is 1.98. The van der Waals surface area contributed by atoms with E-state index in [0.29, 0.717) is 5.56 Å². The molecule has 11 heavy (non-hydrogen) atoms. The molecular weight excluding hydrogens is 160 g/mol. The molecule has 0 atom stereocenters. The summed E-state index contributed by atoms with van der Waals surface area (Å²) in [6.07, 6.45) is 8.00. The van der Waals surface area contributed by atoms with Crippen LogP contribution in [0.4, 0.5) is 0 Å². The maximum Gasteiger partial charge on any atom is 0.252 e. The van der Waals surface area contributed by atoms with Crippen molar-refractivity contribution in [2.75, 3.05) is 0 Å². The highest BCUT2D eigenvalue weighted by Crippen LogP contribution is 2.01. The van der Waals surface area contributed by atoms with Crippen LogP contribution in [0.25, 0.3) is 0 Å². The Kier molecular flexibility index (Phi) is 4.89. The summed E-state index contributed by atoms with van der Waals surface area (Å²) in [5.74, 6) is 0. The number of rotatable bonds is 1. The van der Waals surface area contributed by atoms with Crippen molar-refractivity contribution in [3.63, 3.8) is 0 Å². The normalized spacial score (nSPS) is 7.55. The zero-order chi connectivity index (χ0) is 8.69. The molecule has 56 valence electrons. The summed E-state index contributed by atoms with van der Waals surface area (Å²) in [5.41, 5.74) is 0.541. The van der Waals surface area contributed by atoms with Gasteiger partial charge in [0.1, 0.15) is 0 Å². The summed E-state index contributed by atoms with van der Waals surface area (Å²) in [4.78, 5) is 10.4. The number of benzene rings is 1. The monoisotopic (exact) mass is 166 g/mol. The molecule has 0 fully saturated rings. The predicted molar refractivity (Wildman–Crippen MR) is 46.5 cm³/mol. The zero-order valence-corrected chi connectivity index (χ0v) is 6.58. The van der Waals surface area contributed by atoms with Gasteiger partial charge in [0.2, 0.25) is 0 Å². The first-order valence-corrected chi connectivity index (χ1v) is 3.27. The smallest absolute Gasteiger partial charge is 0.252 e. The molecule has 0 amide bonds. The summed E-state index contributed by atoms with van der Waals surface area (Å²) in [6.45, 7) is 0. The number of terminal acetylenes is 1. The molecule has 0 aliphatic heterocycles. The van der Waals surface area contributed by atoms with E-state index in [1.165, 1.54) is 0 Å². The number of carbonyl (C=O) groups is 1. The Hall–Kier alpha value is -1.26. The minimum absolute atomic E-state index is 0.407. The quantitative estimate of drug-likeness (QED) is 0.462. The Morgan fingerprint density at radius 2 is 1.64 bits per heavy atom. The summed E-state index contributed by atoms with van der Waals surface area (Å²) in [7, 11) is 0. The van der Waals surface area contributed by atoms with Crippen molar-refractivity contribution in [3.8, 4) is 12.8 Å². The third kappa shape index (κ3) is 3.44. The molecule has 0 bridgehead atoms. The minimum Gasteiger partial charge on any atom is -0.276 e. The molecule has 0 radical (unpaired) electrons. The van der Waals surface area contributed by atoms with E-state index in [-0.39, 0.29) is 0 Å². The van der Waals surface area contributed by atoms with E-state index in [9.17, 15) is 4.79 Å². The van der Waals surface area contributed by atoms with E-state index < -0.39 is 5.24 Å². The van der Waals surface area contributed by atoms with Gasteiger partial charge >= 0.3 is 0 Å². The van der Waals surface area contributed by atoms with E-state index in [4.69, 9.17) is 11.6 Å². The first-order valence-electron chi connectivity index (χ1n) is 2.89. The fraction of sp³-hybridized carbons (Fsp3) is 0. The summed E-state index contributed by atoms with van der Waals surface area (Å²) in [6, 6.07) is 8.74. The Bertz CT molecular complexity index is 238. The Labute approximate surface area is 71.0 Å². The van der Waals surface area contributed by atoms with Gasteiger partial charge in [-0.25, -0.2) is 0 Å². The van der Waals surface area contributed by atoms with E-state index >= 15 is 0 Å². The molecule has 0 heterocycles. The molecule has 1 aromatic carbocycles. The molecule has 0 saturated heterocycles. The lowest BCUT2D eigenvalue weighted by Crippen LogP contribution is -1.84. The Morgan fingerprint density at radius 1 is 1.18 bits per heavy atom. The van der Waals surface area contributed by atoms with Crippen LogP contribution in [0.3, 0.4) is 0 Å². The highest BCUT2D eigenvalue weighted by atomic mass is 35.5. The summed E-state index contributed by atoms with van der Waals surface area (Å²) >= 11 is 5.16. The fourth-order valence-corrected chi connectivity index (χ4v) is 0.695. The minimum atomic E-state index is -0.407. The van der Waals surface area contributed by atoms with Gasteiger partial charge in [0.05, 0.1) is 0 Å². The van der Waals surface area contributed by atoms with Crippen molar-refractivity contribution in [1.82, 2.24) is 0 Å². The molecule has 1 aromatic rings. The first-order chi connectivity index (χ1) is 5.30. The largest absolute Gasteiger partial charge is 0.276 e. The van der Waals surface area contributed by atoms with E-state index in [2.05, 4.69) is 12.8 Å². The summed E-state index contributed by atoms with van der Waals surface area (Å²) in [5, 5.41) is -0.407. The van der Waals surface area contributed by atoms with Gasteiger partial charge < -0.3 is 0 Å². The summed E-state index contributed by atoms with van der Waals surface area (Å²) < 4.78 is 0. The van der Waals surface area contributed by atoms with Crippen molar-refractivity contribution in [2.45, 2.75) is 0 Å². The molecular formula is C9H7ClO. The van der Waals surface area contributed by atoms with Gasteiger partial charge in [-0.2, -0.15) is 0 Å². The third-order valence-electron chi connectivity index (χ3n) is 1.00. The lowest BCUT2D eigenvalue weighted by atomic mass is 10.2. The first kappa shape index (κ1) is 9.74. The van der Waals surface area contributed by atoms with Crippen LogP contribution in [-0.4, -0.2) is 5.24 Å². The van der Waals surface area contributed by atoms with E-state index in [1.807, 2.05) is 6.07 Å². The van der Waals surface area contributed by atoms with Gasteiger partial charge in [0.15, 0.2) is 0 Å². The van der Waals surface area contributed by atoms with Crippen LogP contribution < -0.4 is 0 Å². The van der Waals surface area contributed by atoms with Crippen molar-refractivity contribution in [2.24, 2.45) is 0 Å². The highest BCUT2D eigenvalue weighted by molar-refractivity contribution is 6.67. The van der Waals surface area contributed by atoms with Gasteiger partial charge in [-0.05, 0) is 11.6 Å². The zero-order valence-electron chi connectivity index (χ0n) is 5.83. The maximum absolute atomic E-state index is 10.4. The molecule has 2 heteroatoms. The molecule has 1 nitrogen and oxygen atoms in total. The highest BCUT2D eigenvalue weighted by Gasteiger charge is 1.95. The molecule has 1 rings (SSSR count). The van der Waals surface area contributed by atoms with Gasteiger partial charge in [0, 0.05) is 5.56 Å². The van der Waals surface area contributed by atoms with Crippen molar-refractivity contribution in [3.05, 3.63) is 35.9 Å². The van der Waals surface area contributed by atoms with E-state index in [0.717, 1.165) is 0 Å². The number of halogens is 1. The maximum atomic E-state index is 10.4. The number of carbonyl (C=O) groups excluding carboxylic acids is 1. The average molecular weight is 167 g/mol. The Balaban J connectivity index is 0.000000461. The van der Waals surface area contributed by atoms with Gasteiger partial charge in [-0.3, -0.25) is 4.79 Å². The van der Waals surface area contributed by atoms with Gasteiger partial charge in [-0.1, -0.05) is 30.3 Å². The van der Waals surface area contributed by atoms with E-state index in [1.54, 1.807) is 24.3 Å². The second-order valence-electron chi connectivity index (χ2n) is 1.64. The van der Waals surface area contributed by atoms with Crippen LogP contribution >= 0.6 is 11.6 Å². The van der Waals surface area contributed by atoms with Gasteiger partial charge in [-0.15, -0.1) is 12.8 Å². The molecule has 0 aromatic heterocycles. The molecule has 0 spiro atoms. The Morgan fingerprint density at radius 3 is 1.91 bits per heavy atom. The molecule has 0 aliphatic rings. The average Bonchev–Trinajstić information content (AvgIpc) is 2.10. The number of hydrogen-bond acceptors (Lipinski definition) is 1. The second kappa shape index (κ2) is 5.52. The standard InChI is InChI=1S/C7H5ClO.C2H2/c8-7(9)6-4-2-1-3-5-6;1-2/h1-5H;1-2H. The molecule has 0 unspecified atom stereocenters. The molecule has 0 saturated carbocycles. The van der Waals surface area contributed by atoms with Crippen LogP contribution in [0.1, 0.15) is 10.4 Å². The van der Waals surface area contributed by atoms with Crippen LogP contribution in [0.5, 0.6) is 0 Å². The third-order valence-corrected chi connectivity index (χ3v) is 1.22. The van der Waals surface area contributed by atoms with Crippen molar-refractivity contribution in [1.29, 1.82) is 0 Å². The topological polar surface area (TPSA) is 17.1 Å². The lowest BCUT2D eigenvalue weighted by Gasteiger charge is -1.87. The van der Waals surface area contributed by atoms with Crippen molar-refractivity contribution < 1.29 is 4.79 Å². The number of hydrogen-bond donors (Lipinski definition) is 0. The SMILES string of the molecule is C#C.O=C(Cl)c1ccccc1. The van der Waals surface area contributed by atoms with Crippen LogP contribution in [-0.2, 0) is 0 Å². The van der Waals surface area contributed by atoms with Crippen LogP contribution in [0.2, 0.25) is 0 Å². The molecule has 0 aliphatic carbocycles. The fourth-order valence-electron chi connectivity index (χ4n) is 0.569. The molecule has 0 N–H and O–H groups in total.